The van der Waals surface area contributed by atoms with Crippen molar-refractivity contribution in [1.82, 2.24) is 0 Å². The van der Waals surface area contributed by atoms with Gasteiger partial charge >= 0.3 is 5.97 Å². The lowest BCUT2D eigenvalue weighted by molar-refractivity contribution is -0.174. The van der Waals surface area contributed by atoms with Crippen molar-refractivity contribution in [2.45, 2.75) is 276 Å². The van der Waals surface area contributed by atoms with Crippen LogP contribution in [0.3, 0.4) is 0 Å². The highest BCUT2D eigenvalue weighted by Crippen LogP contribution is 2.51. The third-order valence-electron chi connectivity index (χ3n) is 13.7. The Morgan fingerprint density at radius 3 is 1.18 bits per heavy atom. The second kappa shape index (κ2) is 30.5. The number of ether oxygens (including phenoxy) is 1. The van der Waals surface area contributed by atoms with Crippen molar-refractivity contribution in [3.05, 3.63) is 12.2 Å². The SMILES string of the molecule is CCCCCC/C=C\CCCCCCC(C(=O)OC1CCCCCCCCCC1)(C1CCCCCCCCCC1)C1CCCCCCCCCC1. The molecule has 0 atom stereocenters. The van der Waals surface area contributed by atoms with Crippen LogP contribution < -0.4 is 0 Å². The van der Waals surface area contributed by atoms with Crippen LogP contribution in [-0.4, -0.2) is 12.1 Å². The van der Waals surface area contributed by atoms with Gasteiger partial charge in [-0.25, -0.2) is 0 Å². The first-order valence-corrected chi connectivity index (χ1v) is 24.1. The van der Waals surface area contributed by atoms with E-state index in [0.29, 0.717) is 17.8 Å². The van der Waals surface area contributed by atoms with E-state index in [2.05, 4.69) is 19.1 Å². The molecule has 0 spiro atoms. The van der Waals surface area contributed by atoms with Crippen LogP contribution in [0.4, 0.5) is 0 Å². The number of allylic oxidation sites excluding steroid dienone is 2. The Labute approximate surface area is 320 Å². The van der Waals surface area contributed by atoms with Crippen LogP contribution >= 0.6 is 0 Å². The second-order valence-electron chi connectivity index (χ2n) is 18.0. The third kappa shape index (κ3) is 19.4. The predicted octanol–water partition coefficient (Wildman–Crippen LogP) is 16.7. The maximum Gasteiger partial charge on any atom is 0.312 e. The van der Waals surface area contributed by atoms with Gasteiger partial charge in [-0.1, -0.05) is 199 Å². The van der Waals surface area contributed by atoms with Gasteiger partial charge in [0, 0.05) is 0 Å². The van der Waals surface area contributed by atoms with Crippen LogP contribution in [0.15, 0.2) is 12.2 Å². The molecule has 0 N–H and O–H groups in total. The number of unbranched alkanes of at least 4 members (excludes halogenated alkanes) is 8. The molecule has 3 fully saturated rings. The normalized spacial score (nSPS) is 22.1. The summed E-state index contributed by atoms with van der Waals surface area (Å²) in [6.07, 6.45) is 59.0. The molecule has 2 heteroatoms. The lowest BCUT2D eigenvalue weighted by atomic mass is 9.58. The molecule has 0 aromatic carbocycles. The van der Waals surface area contributed by atoms with E-state index in [-0.39, 0.29) is 11.5 Å². The fourth-order valence-corrected chi connectivity index (χ4v) is 10.5. The van der Waals surface area contributed by atoms with Crippen molar-refractivity contribution < 1.29 is 9.53 Å². The standard InChI is InChI=1S/C49H90O2/c1-2-3-4-5-6-7-8-9-16-23-30-37-44-49(45-38-31-24-17-10-11-18-25-32-39-45,46-40-33-26-19-12-13-20-27-34-41-46)48(50)51-47-42-35-28-21-14-15-22-29-36-43-47/h7-8,45-47H,2-6,9-44H2,1H3/b8-7-. The molecule has 51 heavy (non-hydrogen) atoms. The minimum absolute atomic E-state index is 0.147. The third-order valence-corrected chi connectivity index (χ3v) is 13.7. The summed E-state index contributed by atoms with van der Waals surface area (Å²) in [5, 5.41) is 0. The second-order valence-corrected chi connectivity index (χ2v) is 18.0. The van der Waals surface area contributed by atoms with Crippen LogP contribution in [0.25, 0.3) is 0 Å². The van der Waals surface area contributed by atoms with Gasteiger partial charge in [-0.3, -0.25) is 4.79 Å². The Morgan fingerprint density at radius 1 is 0.451 bits per heavy atom. The van der Waals surface area contributed by atoms with Gasteiger partial charge in [-0.2, -0.15) is 0 Å². The smallest absolute Gasteiger partial charge is 0.312 e. The molecular weight excluding hydrogens is 621 g/mol. The Bertz CT molecular complexity index is 766. The summed E-state index contributed by atoms with van der Waals surface area (Å²) in [5.41, 5.74) is -0.271. The Kier molecular flexibility index (Phi) is 26.7. The van der Waals surface area contributed by atoms with E-state index >= 15 is 4.79 Å². The zero-order valence-electron chi connectivity index (χ0n) is 34.7. The lowest BCUT2D eigenvalue weighted by Crippen LogP contribution is -2.48. The molecule has 0 aliphatic heterocycles. The average molecular weight is 711 g/mol. The van der Waals surface area contributed by atoms with Gasteiger partial charge in [0.15, 0.2) is 0 Å². The van der Waals surface area contributed by atoms with Crippen molar-refractivity contribution in [2.24, 2.45) is 17.3 Å². The molecule has 0 heterocycles. The fraction of sp³-hybridized carbons (Fsp3) is 0.939. The molecule has 3 aliphatic rings. The molecule has 0 radical (unpaired) electrons. The van der Waals surface area contributed by atoms with E-state index in [9.17, 15) is 0 Å². The molecular formula is C49H90O2. The summed E-state index contributed by atoms with van der Waals surface area (Å²) in [4.78, 5) is 15.5. The van der Waals surface area contributed by atoms with E-state index in [0.717, 1.165) is 19.3 Å². The highest BCUT2D eigenvalue weighted by Gasteiger charge is 2.51. The topological polar surface area (TPSA) is 26.3 Å². The van der Waals surface area contributed by atoms with Crippen molar-refractivity contribution >= 4 is 5.97 Å². The summed E-state index contributed by atoms with van der Waals surface area (Å²) in [5.74, 6) is 1.32. The number of rotatable bonds is 16. The first kappa shape index (κ1) is 44.6. The summed E-state index contributed by atoms with van der Waals surface area (Å²) in [7, 11) is 0. The van der Waals surface area contributed by atoms with E-state index in [4.69, 9.17) is 4.74 Å². The summed E-state index contributed by atoms with van der Waals surface area (Å²) in [6, 6.07) is 0. The minimum Gasteiger partial charge on any atom is -0.462 e. The molecule has 0 bridgehead atoms. The quantitative estimate of drug-likeness (QED) is 0.0905. The highest BCUT2D eigenvalue weighted by atomic mass is 16.5. The molecule has 3 aliphatic carbocycles. The first-order valence-electron chi connectivity index (χ1n) is 24.1. The van der Waals surface area contributed by atoms with E-state index in [1.54, 1.807) is 0 Å². The van der Waals surface area contributed by atoms with Crippen LogP contribution in [0.2, 0.25) is 0 Å². The van der Waals surface area contributed by atoms with Crippen LogP contribution in [0.5, 0.6) is 0 Å². The number of hydrogen-bond acceptors (Lipinski definition) is 2. The van der Waals surface area contributed by atoms with Crippen LogP contribution in [-0.2, 0) is 9.53 Å². The van der Waals surface area contributed by atoms with Gasteiger partial charge in [0.25, 0.3) is 0 Å². The Hall–Kier alpha value is -0.790. The van der Waals surface area contributed by atoms with Crippen LogP contribution in [0.1, 0.15) is 270 Å². The fourth-order valence-electron chi connectivity index (χ4n) is 10.5. The molecule has 3 saturated carbocycles. The summed E-state index contributed by atoms with van der Waals surface area (Å²) < 4.78 is 7.05. The average Bonchev–Trinajstić information content (AvgIpc) is 3.29. The molecule has 0 saturated heterocycles. The highest BCUT2D eigenvalue weighted by molar-refractivity contribution is 5.78. The van der Waals surface area contributed by atoms with E-state index in [1.165, 1.54) is 244 Å². The lowest BCUT2D eigenvalue weighted by Gasteiger charge is -2.46. The van der Waals surface area contributed by atoms with E-state index in [1.807, 2.05) is 0 Å². The maximum absolute atomic E-state index is 15.5. The van der Waals surface area contributed by atoms with Gasteiger partial charge in [0.05, 0.1) is 5.41 Å². The molecule has 0 unspecified atom stereocenters. The Morgan fingerprint density at radius 2 is 0.784 bits per heavy atom. The van der Waals surface area contributed by atoms with Gasteiger partial charge in [-0.05, 0) is 95.3 Å². The number of carbonyl (C=O) groups excluding carboxylic acids is 1. The molecule has 298 valence electrons. The maximum atomic E-state index is 15.5. The van der Waals surface area contributed by atoms with Crippen molar-refractivity contribution in [1.29, 1.82) is 0 Å². The predicted molar refractivity (Wildman–Crippen MR) is 223 cm³/mol. The van der Waals surface area contributed by atoms with Crippen molar-refractivity contribution in [3.8, 4) is 0 Å². The van der Waals surface area contributed by atoms with Gasteiger partial charge in [0.2, 0.25) is 0 Å². The minimum atomic E-state index is -0.271. The van der Waals surface area contributed by atoms with E-state index < -0.39 is 0 Å². The van der Waals surface area contributed by atoms with Crippen molar-refractivity contribution in [3.63, 3.8) is 0 Å². The molecule has 0 aromatic rings. The summed E-state index contributed by atoms with van der Waals surface area (Å²) >= 11 is 0. The molecule has 0 amide bonds. The first-order chi connectivity index (χ1) is 25.3. The molecule has 3 rings (SSSR count). The number of hydrogen-bond donors (Lipinski definition) is 0. The summed E-state index contributed by atoms with van der Waals surface area (Å²) in [6.45, 7) is 2.30. The number of carbonyl (C=O) groups is 1. The van der Waals surface area contributed by atoms with Crippen molar-refractivity contribution in [2.75, 3.05) is 0 Å². The van der Waals surface area contributed by atoms with Gasteiger partial charge in [0.1, 0.15) is 6.10 Å². The molecule has 0 aromatic heterocycles. The van der Waals surface area contributed by atoms with Gasteiger partial charge < -0.3 is 4.74 Å². The molecule has 2 nitrogen and oxygen atoms in total. The zero-order chi connectivity index (χ0) is 35.9. The number of esters is 1. The van der Waals surface area contributed by atoms with Gasteiger partial charge in [-0.15, -0.1) is 0 Å². The van der Waals surface area contributed by atoms with Crippen LogP contribution in [0, 0.1) is 17.3 Å². The monoisotopic (exact) mass is 711 g/mol. The Balaban J connectivity index is 1.83. The zero-order valence-corrected chi connectivity index (χ0v) is 34.7. The largest absolute Gasteiger partial charge is 0.462 e.